The van der Waals surface area contributed by atoms with E-state index >= 15 is 0 Å². The van der Waals surface area contributed by atoms with E-state index in [0.29, 0.717) is 6.42 Å². The van der Waals surface area contributed by atoms with E-state index in [9.17, 15) is 13.2 Å². The summed E-state index contributed by atoms with van der Waals surface area (Å²) in [7, 11) is 0. The van der Waals surface area contributed by atoms with Crippen LogP contribution in [0.25, 0.3) is 11.7 Å². The Morgan fingerprint density at radius 1 is 0.783 bits per heavy atom. The van der Waals surface area contributed by atoms with Crippen LogP contribution >= 0.6 is 0 Å². The van der Waals surface area contributed by atoms with E-state index in [2.05, 4.69) is 6.92 Å². The van der Waals surface area contributed by atoms with Crippen LogP contribution in [-0.4, -0.2) is 0 Å². The summed E-state index contributed by atoms with van der Waals surface area (Å²) >= 11 is 0. The van der Waals surface area contributed by atoms with E-state index in [1.165, 1.54) is 24.3 Å². The van der Waals surface area contributed by atoms with Gasteiger partial charge in [-0.2, -0.15) is 0 Å². The molecule has 0 bridgehead atoms. The van der Waals surface area contributed by atoms with Gasteiger partial charge in [0.25, 0.3) is 0 Å². The highest BCUT2D eigenvalue weighted by atomic mass is 19.2. The third-order valence-corrected chi connectivity index (χ3v) is 3.75. The molecular weight excluding hydrogens is 297 g/mol. The Balaban J connectivity index is 2.32. The summed E-state index contributed by atoms with van der Waals surface area (Å²) in [6, 6.07) is 10.8. The second-order valence-corrected chi connectivity index (χ2v) is 5.64. The van der Waals surface area contributed by atoms with Crippen molar-refractivity contribution in [3.05, 3.63) is 70.5 Å². The predicted molar refractivity (Wildman–Crippen MR) is 89.9 cm³/mol. The lowest BCUT2D eigenvalue weighted by atomic mass is 10.0. The molecule has 3 heteroatoms. The largest absolute Gasteiger partial charge is 0.206 e. The zero-order chi connectivity index (χ0) is 16.8. The quantitative estimate of drug-likeness (QED) is 0.534. The molecule has 0 spiro atoms. The van der Waals surface area contributed by atoms with Crippen LogP contribution in [0.4, 0.5) is 13.2 Å². The number of benzene rings is 2. The van der Waals surface area contributed by atoms with Gasteiger partial charge in [0.2, 0.25) is 0 Å². The van der Waals surface area contributed by atoms with Crippen molar-refractivity contribution in [2.75, 3.05) is 0 Å². The molecule has 0 fully saturated rings. The van der Waals surface area contributed by atoms with E-state index in [-0.39, 0.29) is 11.1 Å². The number of halogens is 3. The Morgan fingerprint density at radius 3 is 1.91 bits per heavy atom. The summed E-state index contributed by atoms with van der Waals surface area (Å²) in [5, 5.41) is 0. The molecule has 0 radical (unpaired) electrons. The zero-order valence-corrected chi connectivity index (χ0v) is 13.5. The van der Waals surface area contributed by atoms with E-state index in [0.717, 1.165) is 30.4 Å². The van der Waals surface area contributed by atoms with Crippen LogP contribution in [0.2, 0.25) is 0 Å². The molecule has 0 N–H and O–H groups in total. The second-order valence-electron chi connectivity index (χ2n) is 5.64. The van der Waals surface area contributed by atoms with Crippen LogP contribution in [0, 0.1) is 5.82 Å². The molecule has 0 nitrogen and oxygen atoms in total. The minimum Gasteiger partial charge on any atom is -0.206 e. The predicted octanol–water partition coefficient (Wildman–Crippen LogP) is 6.50. The van der Waals surface area contributed by atoms with Gasteiger partial charge in [0, 0.05) is 11.1 Å². The SMILES string of the molecule is CCCc1ccc(/C(F)=C(\F)c2ccc(CCC)cc2F)cc1. The molecule has 2 aromatic carbocycles. The van der Waals surface area contributed by atoms with Crippen LogP contribution in [0.3, 0.4) is 0 Å². The molecule has 122 valence electrons. The molecule has 2 aromatic rings. The first-order valence-corrected chi connectivity index (χ1v) is 8.00. The zero-order valence-electron chi connectivity index (χ0n) is 13.5. The molecule has 0 amide bonds. The van der Waals surface area contributed by atoms with Crippen LogP contribution in [-0.2, 0) is 12.8 Å². The maximum absolute atomic E-state index is 14.3. The third kappa shape index (κ3) is 4.25. The topological polar surface area (TPSA) is 0 Å². The van der Waals surface area contributed by atoms with Crippen molar-refractivity contribution in [1.29, 1.82) is 0 Å². The van der Waals surface area contributed by atoms with Gasteiger partial charge in [-0.05, 0) is 36.1 Å². The van der Waals surface area contributed by atoms with Gasteiger partial charge in [-0.15, -0.1) is 0 Å². The maximum Gasteiger partial charge on any atom is 0.169 e. The van der Waals surface area contributed by atoms with E-state index in [1.807, 2.05) is 6.92 Å². The minimum atomic E-state index is -1.16. The molecule has 0 unspecified atom stereocenters. The lowest BCUT2D eigenvalue weighted by Crippen LogP contribution is -1.93. The summed E-state index contributed by atoms with van der Waals surface area (Å²) in [5.41, 5.74) is 1.64. The average Bonchev–Trinajstić information content (AvgIpc) is 2.55. The van der Waals surface area contributed by atoms with Gasteiger partial charge >= 0.3 is 0 Å². The first-order valence-electron chi connectivity index (χ1n) is 8.00. The molecule has 2 rings (SSSR count). The molecule has 0 atom stereocenters. The van der Waals surface area contributed by atoms with Gasteiger partial charge in [0.15, 0.2) is 11.7 Å². The summed E-state index contributed by atoms with van der Waals surface area (Å²) in [4.78, 5) is 0. The minimum absolute atomic E-state index is 0.124. The Hall–Kier alpha value is -2.03. The van der Waals surface area contributed by atoms with Crippen molar-refractivity contribution in [2.24, 2.45) is 0 Å². The first kappa shape index (κ1) is 17.3. The number of hydrogen-bond acceptors (Lipinski definition) is 0. The first-order chi connectivity index (χ1) is 11.1. The summed E-state index contributed by atoms with van der Waals surface area (Å²) in [5.74, 6) is -2.92. The Kier molecular flexibility index (Phi) is 6.03. The van der Waals surface area contributed by atoms with Crippen LogP contribution < -0.4 is 0 Å². The van der Waals surface area contributed by atoms with Crippen LogP contribution in [0.15, 0.2) is 42.5 Å². The molecule has 0 saturated heterocycles. The number of rotatable bonds is 6. The van der Waals surface area contributed by atoms with Crippen molar-refractivity contribution in [2.45, 2.75) is 39.5 Å². The third-order valence-electron chi connectivity index (χ3n) is 3.75. The molecule has 0 aliphatic carbocycles. The van der Waals surface area contributed by atoms with Crippen LogP contribution in [0.5, 0.6) is 0 Å². The highest BCUT2D eigenvalue weighted by Gasteiger charge is 2.15. The molecule has 0 aliphatic heterocycles. The molecule has 23 heavy (non-hydrogen) atoms. The smallest absolute Gasteiger partial charge is 0.169 e. The number of hydrogen-bond donors (Lipinski definition) is 0. The standard InChI is InChI=1S/C20H21F3/c1-3-5-14-7-10-16(11-8-14)19(22)20(23)17-12-9-15(6-4-2)13-18(17)21/h7-13H,3-6H2,1-2H3/b20-19+. The van der Waals surface area contributed by atoms with Gasteiger partial charge in [-0.3, -0.25) is 0 Å². The highest BCUT2D eigenvalue weighted by Crippen LogP contribution is 2.31. The van der Waals surface area contributed by atoms with Gasteiger partial charge in [0.05, 0.1) is 0 Å². The lowest BCUT2D eigenvalue weighted by Gasteiger charge is -2.06. The van der Waals surface area contributed by atoms with Crippen molar-refractivity contribution in [3.8, 4) is 0 Å². The summed E-state index contributed by atoms with van der Waals surface area (Å²) in [6.07, 6.45) is 3.46. The highest BCUT2D eigenvalue weighted by molar-refractivity contribution is 5.83. The van der Waals surface area contributed by atoms with E-state index in [1.54, 1.807) is 18.2 Å². The fraction of sp³-hybridized carbons (Fsp3) is 0.300. The molecule has 0 aliphatic rings. The van der Waals surface area contributed by atoms with Gasteiger partial charge < -0.3 is 0 Å². The van der Waals surface area contributed by atoms with Crippen molar-refractivity contribution in [3.63, 3.8) is 0 Å². The Bertz CT molecular complexity index is 685. The number of aryl methyl sites for hydroxylation is 2. The van der Waals surface area contributed by atoms with Crippen molar-refractivity contribution < 1.29 is 13.2 Å². The monoisotopic (exact) mass is 318 g/mol. The molecule has 0 heterocycles. The Morgan fingerprint density at radius 2 is 1.35 bits per heavy atom. The maximum atomic E-state index is 14.3. The van der Waals surface area contributed by atoms with E-state index in [4.69, 9.17) is 0 Å². The fourth-order valence-electron chi connectivity index (χ4n) is 2.53. The molecule has 0 saturated carbocycles. The van der Waals surface area contributed by atoms with Gasteiger partial charge in [-0.1, -0.05) is 57.0 Å². The molecule has 0 aromatic heterocycles. The van der Waals surface area contributed by atoms with Crippen LogP contribution in [0.1, 0.15) is 48.9 Å². The van der Waals surface area contributed by atoms with E-state index < -0.39 is 17.5 Å². The lowest BCUT2D eigenvalue weighted by molar-refractivity contribution is 0.608. The van der Waals surface area contributed by atoms with Crippen molar-refractivity contribution >= 4 is 11.7 Å². The normalized spacial score (nSPS) is 12.2. The summed E-state index contributed by atoms with van der Waals surface area (Å²) < 4.78 is 42.6. The van der Waals surface area contributed by atoms with Gasteiger partial charge in [-0.25, -0.2) is 13.2 Å². The molecular formula is C20H21F3. The Labute approximate surface area is 135 Å². The summed E-state index contributed by atoms with van der Waals surface area (Å²) in [6.45, 7) is 4.03. The van der Waals surface area contributed by atoms with Gasteiger partial charge in [0.1, 0.15) is 5.82 Å². The average molecular weight is 318 g/mol. The second kappa shape index (κ2) is 8.00. The fourth-order valence-corrected chi connectivity index (χ4v) is 2.53. The van der Waals surface area contributed by atoms with Crippen molar-refractivity contribution in [1.82, 2.24) is 0 Å².